The number of anilines is 2. The maximum Gasteiger partial charge on any atom is 0.420 e. The first kappa shape index (κ1) is 44.1. The third kappa shape index (κ3) is 12.1. The van der Waals surface area contributed by atoms with Crippen LogP contribution in [0.3, 0.4) is 0 Å². The molecule has 0 aromatic carbocycles. The molecule has 2 aromatic heterocycles. The fourth-order valence-corrected chi connectivity index (χ4v) is 6.82. The molecule has 2 heterocycles. The molecule has 2 amide bonds. The molecule has 0 spiro atoms. The van der Waals surface area contributed by atoms with Gasteiger partial charge in [-0.15, -0.1) is 0 Å². The Morgan fingerprint density at radius 2 is 1.58 bits per heavy atom. The summed E-state index contributed by atoms with van der Waals surface area (Å²) < 4.78 is 70.4. The number of nitrogens with one attached hydrogen (secondary N) is 1. The number of halogens is 3. The van der Waals surface area contributed by atoms with E-state index >= 15 is 4.39 Å². The lowest BCUT2D eigenvalue weighted by molar-refractivity contribution is -0.0505. The van der Waals surface area contributed by atoms with Gasteiger partial charge in [0.25, 0.3) is 5.92 Å². The van der Waals surface area contributed by atoms with Crippen LogP contribution in [0.15, 0.2) is 24.4 Å². The molecule has 1 saturated carbocycles. The summed E-state index contributed by atoms with van der Waals surface area (Å²) in [5.41, 5.74) is -1.42. The maximum atomic E-state index is 15.6. The number of hydrogen-bond acceptors (Lipinski definition) is 8. The Labute approximate surface area is 314 Å². The summed E-state index contributed by atoms with van der Waals surface area (Å²) in [7, 11) is -2.24. The van der Waals surface area contributed by atoms with Gasteiger partial charge in [0.05, 0.1) is 35.7 Å². The minimum atomic E-state index is -3.33. The summed E-state index contributed by atoms with van der Waals surface area (Å²) in [4.78, 5) is 31.6. The molecule has 1 N–H and O–H groups in total. The second-order valence-corrected chi connectivity index (χ2v) is 23.3. The zero-order valence-electron chi connectivity index (χ0n) is 34.3. The molecular weight excluding hydrogens is 708 g/mol. The number of aromatic nitrogens is 3. The van der Waals surface area contributed by atoms with E-state index in [9.17, 15) is 18.4 Å². The Bertz CT molecular complexity index is 1580. The number of alkyl halides is 3. The highest BCUT2D eigenvalue weighted by Gasteiger charge is 2.46. The molecule has 15 heteroatoms. The number of ether oxygens (including phenoxy) is 3. The molecule has 4 atom stereocenters. The number of alkyl carbamates (subject to hydrolysis) is 1. The van der Waals surface area contributed by atoms with Gasteiger partial charge < -0.3 is 24.0 Å². The van der Waals surface area contributed by atoms with Crippen LogP contribution in [0.1, 0.15) is 121 Å². The molecule has 3 rings (SSSR count). The smallest absolute Gasteiger partial charge is 0.420 e. The van der Waals surface area contributed by atoms with Crippen molar-refractivity contribution in [2.75, 3.05) is 11.5 Å². The van der Waals surface area contributed by atoms with Crippen molar-refractivity contribution in [3.8, 4) is 5.88 Å². The van der Waals surface area contributed by atoms with E-state index in [0.717, 1.165) is 0 Å². The first-order valence-corrected chi connectivity index (χ1v) is 21.2. The van der Waals surface area contributed by atoms with Crippen LogP contribution in [0.5, 0.6) is 5.88 Å². The average molecular weight is 770 g/mol. The van der Waals surface area contributed by atoms with Crippen molar-refractivity contribution in [2.24, 2.45) is 0 Å². The van der Waals surface area contributed by atoms with Crippen molar-refractivity contribution in [3.63, 3.8) is 0 Å². The van der Waals surface area contributed by atoms with Crippen molar-refractivity contribution in [3.05, 3.63) is 30.1 Å². The van der Waals surface area contributed by atoms with Crippen LogP contribution < -0.4 is 15.0 Å². The number of amides is 2. The largest absolute Gasteiger partial charge is 0.477 e. The van der Waals surface area contributed by atoms with E-state index in [1.807, 2.05) is 20.8 Å². The average Bonchev–Trinajstić information content (AvgIpc) is 3.54. The Morgan fingerprint density at radius 3 is 2.13 bits per heavy atom. The van der Waals surface area contributed by atoms with Crippen molar-refractivity contribution >= 4 is 32.0 Å². The standard InChI is InChI=1S/C38H62F3N5O6Si/c1-24(43-32(47)50-35(5,6)7)38(40,41)17-19-49-30-22-26(16-18-42-30)45(33(48)51-36(8,9)10)31-23-28(44-46(31)34(2,3)4)25-20-27(39)29(21-25)52-53(14,15)37(11,12)13/h16,18,22-25,27,29H,17,19-21H2,1-15H3,(H,43,47)/t24-,25-,27+,29-/m0/s1. The number of hydrogen-bond donors (Lipinski definition) is 1. The van der Waals surface area contributed by atoms with E-state index in [0.29, 0.717) is 23.6 Å². The lowest BCUT2D eigenvalue weighted by Gasteiger charge is -2.38. The van der Waals surface area contributed by atoms with Gasteiger partial charge in [-0.25, -0.2) is 37.3 Å². The van der Waals surface area contributed by atoms with Gasteiger partial charge in [-0.3, -0.25) is 0 Å². The lowest BCUT2D eigenvalue weighted by atomic mass is 10.0. The number of rotatable bonds is 11. The first-order chi connectivity index (χ1) is 23.9. The number of nitrogens with zero attached hydrogens (tertiary/aromatic N) is 4. The molecule has 0 radical (unpaired) electrons. The van der Waals surface area contributed by atoms with Crippen molar-refractivity contribution < 1.29 is 41.4 Å². The normalized spacial score (nSPS) is 19.5. The summed E-state index contributed by atoms with van der Waals surface area (Å²) in [6.07, 6.45) is -2.04. The summed E-state index contributed by atoms with van der Waals surface area (Å²) in [5, 5.41) is 7.05. The Balaban J connectivity index is 1.93. The van der Waals surface area contributed by atoms with Gasteiger partial charge in [-0.1, -0.05) is 20.8 Å². The molecule has 1 aliphatic rings. The second kappa shape index (κ2) is 15.8. The molecule has 2 aromatic rings. The molecule has 0 saturated heterocycles. The first-order valence-electron chi connectivity index (χ1n) is 18.3. The molecule has 0 bridgehead atoms. The SMILES string of the molecule is C[C@H](NC(=O)OC(C)(C)C)C(F)(F)CCOc1cc(N(C(=O)OC(C)(C)C)c2cc([C@H]3C[C@@H](F)[C@@H](O[Si](C)(C)C(C)(C)C)C3)nn2C(C)(C)C)ccn1. The van der Waals surface area contributed by atoms with E-state index in [4.69, 9.17) is 23.7 Å². The van der Waals surface area contributed by atoms with Gasteiger partial charge in [-0.2, -0.15) is 5.10 Å². The molecule has 11 nitrogen and oxygen atoms in total. The van der Waals surface area contributed by atoms with Crippen molar-refractivity contribution in [2.45, 2.75) is 174 Å². The van der Waals surface area contributed by atoms with E-state index < -0.39 is 74.5 Å². The van der Waals surface area contributed by atoms with Crippen LogP contribution in [0, 0.1) is 0 Å². The lowest BCUT2D eigenvalue weighted by Crippen LogP contribution is -2.47. The predicted octanol–water partition coefficient (Wildman–Crippen LogP) is 10.0. The highest BCUT2D eigenvalue weighted by Crippen LogP contribution is 2.45. The molecule has 1 fully saturated rings. The van der Waals surface area contributed by atoms with Gasteiger partial charge in [0.2, 0.25) is 5.88 Å². The minimum Gasteiger partial charge on any atom is -0.477 e. The van der Waals surface area contributed by atoms with Gasteiger partial charge >= 0.3 is 12.2 Å². The number of carbonyl (C=O) groups excluding carboxylic acids is 2. The Hall–Kier alpha value is -3.33. The van der Waals surface area contributed by atoms with Crippen LogP contribution in [-0.2, 0) is 19.4 Å². The fourth-order valence-electron chi connectivity index (χ4n) is 5.46. The van der Waals surface area contributed by atoms with Gasteiger partial charge in [0, 0.05) is 30.7 Å². The summed E-state index contributed by atoms with van der Waals surface area (Å²) in [5.74, 6) is -3.23. The summed E-state index contributed by atoms with van der Waals surface area (Å²) >= 11 is 0. The van der Waals surface area contributed by atoms with Crippen LogP contribution in [0.2, 0.25) is 18.1 Å². The zero-order chi connectivity index (χ0) is 40.5. The highest BCUT2D eigenvalue weighted by molar-refractivity contribution is 6.74. The Kier molecular flexibility index (Phi) is 13.1. The van der Waals surface area contributed by atoms with Crippen molar-refractivity contribution in [1.82, 2.24) is 20.1 Å². The molecule has 1 aliphatic carbocycles. The van der Waals surface area contributed by atoms with Crippen LogP contribution in [0.25, 0.3) is 0 Å². The summed E-state index contributed by atoms with van der Waals surface area (Å²) in [6.45, 7) is 27.3. The van der Waals surface area contributed by atoms with E-state index in [1.54, 1.807) is 58.4 Å². The second-order valence-electron chi connectivity index (χ2n) is 18.5. The highest BCUT2D eigenvalue weighted by atomic mass is 28.4. The third-order valence-corrected chi connectivity index (χ3v) is 13.8. The molecule has 0 aliphatic heterocycles. The van der Waals surface area contributed by atoms with E-state index in [1.165, 1.54) is 24.1 Å². The maximum absolute atomic E-state index is 15.6. The van der Waals surface area contributed by atoms with Crippen LogP contribution >= 0.6 is 0 Å². The molecule has 53 heavy (non-hydrogen) atoms. The molecule has 300 valence electrons. The van der Waals surface area contributed by atoms with E-state index in [2.05, 4.69) is 44.2 Å². The quantitative estimate of drug-likeness (QED) is 0.225. The van der Waals surface area contributed by atoms with Crippen LogP contribution in [-0.4, -0.2) is 77.3 Å². The Morgan fingerprint density at radius 1 is 0.981 bits per heavy atom. The fraction of sp³-hybridized carbons (Fsp3) is 0.737. The zero-order valence-corrected chi connectivity index (χ0v) is 35.3. The van der Waals surface area contributed by atoms with Gasteiger partial charge in [-0.05, 0) is 106 Å². The monoisotopic (exact) mass is 769 g/mol. The van der Waals surface area contributed by atoms with Crippen LogP contribution in [0.4, 0.5) is 34.3 Å². The summed E-state index contributed by atoms with van der Waals surface area (Å²) in [6, 6.07) is 3.28. The number of pyridine rings is 1. The van der Waals surface area contributed by atoms with Gasteiger partial charge in [0.1, 0.15) is 23.2 Å². The topological polar surface area (TPSA) is 117 Å². The minimum absolute atomic E-state index is 0.0108. The predicted molar refractivity (Wildman–Crippen MR) is 203 cm³/mol. The van der Waals surface area contributed by atoms with Crippen molar-refractivity contribution in [1.29, 1.82) is 0 Å². The van der Waals surface area contributed by atoms with Gasteiger partial charge in [0.15, 0.2) is 8.32 Å². The molecule has 0 unspecified atom stereocenters. The molecular formula is C38H62F3N5O6Si. The van der Waals surface area contributed by atoms with E-state index in [-0.39, 0.29) is 23.3 Å². The number of carbonyl (C=O) groups is 2. The third-order valence-electron chi connectivity index (χ3n) is 9.28.